The lowest BCUT2D eigenvalue weighted by Gasteiger charge is -2.11. The van der Waals surface area contributed by atoms with Crippen molar-refractivity contribution < 1.29 is 4.79 Å². The normalized spacial score (nSPS) is 19.0. The van der Waals surface area contributed by atoms with Crippen LogP contribution in [0, 0.1) is 12.8 Å². The number of benzene rings is 1. The third kappa shape index (κ3) is 3.55. The molecule has 2 heteroatoms. The molecule has 0 fully saturated rings. The van der Waals surface area contributed by atoms with Gasteiger partial charge in [0.05, 0.1) is 5.69 Å². The Hall–Kier alpha value is -2.48. The lowest BCUT2D eigenvalue weighted by atomic mass is 9.93. The topological polar surface area (TPSA) is 30.0 Å². The summed E-state index contributed by atoms with van der Waals surface area (Å²) >= 11 is 0. The van der Waals surface area contributed by atoms with E-state index in [9.17, 15) is 4.79 Å². The van der Waals surface area contributed by atoms with E-state index in [4.69, 9.17) is 4.98 Å². The Kier molecular flexibility index (Phi) is 4.83. The summed E-state index contributed by atoms with van der Waals surface area (Å²) in [6, 6.07) is 10.7. The lowest BCUT2D eigenvalue weighted by Crippen LogP contribution is -2.08. The van der Waals surface area contributed by atoms with Gasteiger partial charge in [0.15, 0.2) is 5.78 Å². The minimum absolute atomic E-state index is 0.320. The fraction of sp³-hybridized carbons (Fsp3) is 0.333. The monoisotopic (exact) mass is 343 g/mol. The number of aromatic nitrogens is 1. The first kappa shape index (κ1) is 17.0. The zero-order chi connectivity index (χ0) is 17.9. The first-order valence-corrected chi connectivity index (χ1v) is 9.66. The Labute approximate surface area is 155 Å². The second-order valence-electron chi connectivity index (χ2n) is 7.49. The van der Waals surface area contributed by atoms with Gasteiger partial charge in [-0.2, -0.15) is 0 Å². The summed E-state index contributed by atoms with van der Waals surface area (Å²) in [6.07, 6.45) is 14.2. The summed E-state index contributed by atoms with van der Waals surface area (Å²) in [6.45, 7) is 2.14. The quantitative estimate of drug-likeness (QED) is 0.712. The van der Waals surface area contributed by atoms with E-state index in [1.54, 1.807) is 0 Å². The Morgan fingerprint density at radius 2 is 2.12 bits per heavy atom. The van der Waals surface area contributed by atoms with Gasteiger partial charge in [0.2, 0.25) is 0 Å². The van der Waals surface area contributed by atoms with Gasteiger partial charge < -0.3 is 0 Å². The Bertz CT molecular complexity index is 891. The van der Waals surface area contributed by atoms with E-state index < -0.39 is 0 Å². The highest BCUT2D eigenvalue weighted by Crippen LogP contribution is 2.30. The molecule has 0 aliphatic heterocycles. The summed E-state index contributed by atoms with van der Waals surface area (Å²) in [5, 5.41) is 0. The maximum Gasteiger partial charge on any atom is 0.159 e. The van der Waals surface area contributed by atoms with Gasteiger partial charge in [-0.1, -0.05) is 36.4 Å². The third-order valence-electron chi connectivity index (χ3n) is 5.61. The molecule has 0 saturated heterocycles. The summed E-state index contributed by atoms with van der Waals surface area (Å²) in [4.78, 5) is 17.2. The highest BCUT2D eigenvalue weighted by Gasteiger charge is 2.20. The first-order chi connectivity index (χ1) is 12.7. The molecule has 0 radical (unpaired) electrons. The zero-order valence-electron chi connectivity index (χ0n) is 15.4. The predicted octanol–water partition coefficient (Wildman–Crippen LogP) is 5.70. The van der Waals surface area contributed by atoms with E-state index in [-0.39, 0.29) is 0 Å². The van der Waals surface area contributed by atoms with Crippen molar-refractivity contribution in [2.75, 3.05) is 0 Å². The molecule has 1 aromatic heterocycles. The fourth-order valence-corrected chi connectivity index (χ4v) is 4.04. The number of rotatable bonds is 4. The van der Waals surface area contributed by atoms with Crippen molar-refractivity contribution >= 4 is 11.9 Å². The van der Waals surface area contributed by atoms with Crippen molar-refractivity contribution in [3.05, 3.63) is 71.1 Å². The van der Waals surface area contributed by atoms with Crippen LogP contribution < -0.4 is 0 Å². The molecule has 2 aliphatic rings. The number of carbonyl (C=O) groups is 1. The lowest BCUT2D eigenvalue weighted by molar-refractivity contribution is -0.116. The van der Waals surface area contributed by atoms with Gasteiger partial charge in [0.1, 0.15) is 0 Å². The minimum atomic E-state index is 0.320. The molecule has 0 saturated carbocycles. The number of fused-ring (bicyclic) bond motifs is 1. The van der Waals surface area contributed by atoms with Crippen LogP contribution in [0.1, 0.15) is 48.9 Å². The van der Waals surface area contributed by atoms with Gasteiger partial charge in [0, 0.05) is 18.2 Å². The van der Waals surface area contributed by atoms with Gasteiger partial charge in [0.25, 0.3) is 0 Å². The molecule has 0 N–H and O–H groups in total. The molecule has 132 valence electrons. The van der Waals surface area contributed by atoms with Crippen LogP contribution in [0.4, 0.5) is 0 Å². The number of hydrogen-bond acceptors (Lipinski definition) is 2. The second-order valence-corrected chi connectivity index (χ2v) is 7.49. The third-order valence-corrected chi connectivity index (χ3v) is 5.61. The number of nitrogens with zero attached hydrogens (tertiary/aromatic N) is 1. The number of hydrogen-bond donors (Lipinski definition) is 0. The van der Waals surface area contributed by atoms with Crippen LogP contribution in [0.25, 0.3) is 17.2 Å². The van der Waals surface area contributed by atoms with Crippen molar-refractivity contribution in [2.24, 2.45) is 5.92 Å². The number of ketones is 1. The highest BCUT2D eigenvalue weighted by molar-refractivity contribution is 5.96. The summed E-state index contributed by atoms with van der Waals surface area (Å²) in [5.41, 5.74) is 7.10. The molecule has 2 nitrogen and oxygen atoms in total. The maximum absolute atomic E-state index is 12.5. The summed E-state index contributed by atoms with van der Waals surface area (Å²) < 4.78 is 0. The predicted molar refractivity (Wildman–Crippen MR) is 107 cm³/mol. The summed E-state index contributed by atoms with van der Waals surface area (Å²) in [5.74, 6) is 0.664. The molecule has 0 bridgehead atoms. The molecular weight excluding hydrogens is 318 g/mol. The van der Waals surface area contributed by atoms with E-state index in [0.717, 1.165) is 43.4 Å². The fourth-order valence-electron chi connectivity index (χ4n) is 4.04. The van der Waals surface area contributed by atoms with Crippen molar-refractivity contribution in [2.45, 2.75) is 45.4 Å². The number of allylic oxidation sites excluding steroid dienone is 3. The number of aryl methyl sites for hydroxylation is 2. The number of pyridine rings is 1. The molecular formula is C24H25NO. The van der Waals surface area contributed by atoms with Gasteiger partial charge in [-0.25, -0.2) is 0 Å². The summed E-state index contributed by atoms with van der Waals surface area (Å²) in [7, 11) is 0. The SMILES string of the molecule is Cc1ccccc1-c1cnc2c(c1)CCC(CC(=O)C1=CCCC1)C=C2. The average Bonchev–Trinajstić information content (AvgIpc) is 3.12. The van der Waals surface area contributed by atoms with E-state index in [1.165, 1.54) is 22.3 Å². The van der Waals surface area contributed by atoms with Crippen LogP contribution in [0.15, 0.2) is 54.3 Å². The largest absolute Gasteiger partial charge is 0.295 e. The van der Waals surface area contributed by atoms with Crippen LogP contribution >= 0.6 is 0 Å². The molecule has 26 heavy (non-hydrogen) atoms. The number of Topliss-reactive ketones (excluding diaryl/α,β-unsaturated/α-hetero) is 1. The Morgan fingerprint density at radius 3 is 2.92 bits per heavy atom. The van der Waals surface area contributed by atoms with Crippen molar-refractivity contribution in [3.8, 4) is 11.1 Å². The molecule has 4 rings (SSSR count). The van der Waals surface area contributed by atoms with Crippen molar-refractivity contribution in [1.29, 1.82) is 0 Å². The van der Waals surface area contributed by atoms with Crippen LogP contribution in [0.5, 0.6) is 0 Å². The molecule has 1 unspecified atom stereocenters. The van der Waals surface area contributed by atoms with E-state index in [2.05, 4.69) is 55.5 Å². The van der Waals surface area contributed by atoms with Gasteiger partial charge in [-0.05, 0) is 79.4 Å². The zero-order valence-corrected chi connectivity index (χ0v) is 15.4. The van der Waals surface area contributed by atoms with E-state index >= 15 is 0 Å². The van der Waals surface area contributed by atoms with Crippen molar-refractivity contribution in [1.82, 2.24) is 4.98 Å². The number of carbonyl (C=O) groups excluding carboxylic acids is 1. The van der Waals surface area contributed by atoms with Crippen LogP contribution in [-0.4, -0.2) is 10.8 Å². The van der Waals surface area contributed by atoms with Gasteiger partial charge in [-0.15, -0.1) is 0 Å². The van der Waals surface area contributed by atoms with E-state index in [0.29, 0.717) is 18.1 Å². The second kappa shape index (κ2) is 7.41. The smallest absolute Gasteiger partial charge is 0.159 e. The van der Waals surface area contributed by atoms with Crippen molar-refractivity contribution in [3.63, 3.8) is 0 Å². The molecule has 1 heterocycles. The molecule has 2 aromatic rings. The standard InChI is InChI=1S/C24H25NO/c1-17-6-2-5-9-22(17)21-15-20-12-10-18(11-13-23(20)25-16-21)14-24(26)19-7-3-4-8-19/h2,5-7,9,11,13,15-16,18H,3-4,8,10,12,14H2,1H3. The first-order valence-electron chi connectivity index (χ1n) is 9.66. The van der Waals surface area contributed by atoms with E-state index in [1.807, 2.05) is 6.20 Å². The van der Waals surface area contributed by atoms with Gasteiger partial charge in [-0.3, -0.25) is 9.78 Å². The molecule has 0 spiro atoms. The van der Waals surface area contributed by atoms with Gasteiger partial charge >= 0.3 is 0 Å². The van der Waals surface area contributed by atoms with Crippen LogP contribution in [0.2, 0.25) is 0 Å². The Balaban J connectivity index is 1.51. The molecule has 1 atom stereocenters. The molecule has 0 amide bonds. The molecule has 2 aliphatic carbocycles. The maximum atomic E-state index is 12.5. The molecule has 1 aromatic carbocycles. The average molecular weight is 343 g/mol. The van der Waals surface area contributed by atoms with Crippen LogP contribution in [-0.2, 0) is 11.2 Å². The highest BCUT2D eigenvalue weighted by atomic mass is 16.1. The van der Waals surface area contributed by atoms with Crippen LogP contribution in [0.3, 0.4) is 0 Å². The minimum Gasteiger partial charge on any atom is -0.295 e. The Morgan fingerprint density at radius 1 is 1.23 bits per heavy atom.